The first-order valence-corrected chi connectivity index (χ1v) is 21.9. The number of nitrogens with zero attached hydrogens (tertiary/aromatic N) is 3. The van der Waals surface area contributed by atoms with Gasteiger partial charge in [0.25, 0.3) is 0 Å². The molecule has 13 aromatic rings. The van der Waals surface area contributed by atoms with Crippen LogP contribution in [0.4, 0.5) is 0 Å². The fourth-order valence-corrected chi connectivity index (χ4v) is 11.4. The fraction of sp³-hybridized carbons (Fsp3) is 0. The van der Waals surface area contributed by atoms with E-state index in [2.05, 4.69) is 209 Å². The van der Waals surface area contributed by atoms with E-state index in [-0.39, 0.29) is 0 Å². The summed E-state index contributed by atoms with van der Waals surface area (Å²) in [4.78, 5) is 5.12. The molecule has 3 nitrogen and oxygen atoms in total. The number of hydrogen-bond acceptors (Lipinski definition) is 3. The summed E-state index contributed by atoms with van der Waals surface area (Å²) in [5, 5.41) is 8.64. The Morgan fingerprint density at radius 1 is 0.300 bits per heavy atom. The van der Waals surface area contributed by atoms with Gasteiger partial charge < -0.3 is 9.13 Å². The molecule has 0 aliphatic rings. The molecule has 9 aromatic carbocycles. The van der Waals surface area contributed by atoms with Gasteiger partial charge in [0.15, 0.2) is 0 Å². The van der Waals surface area contributed by atoms with Crippen LogP contribution in [-0.2, 0) is 0 Å². The second-order valence-electron chi connectivity index (χ2n) is 15.6. The molecule has 0 saturated carbocycles. The van der Waals surface area contributed by atoms with Crippen LogP contribution >= 0.6 is 22.7 Å². The van der Waals surface area contributed by atoms with Crippen LogP contribution in [0.1, 0.15) is 0 Å². The Morgan fingerprint density at radius 2 is 0.850 bits per heavy atom. The summed E-state index contributed by atoms with van der Waals surface area (Å²) in [6, 6.07) is 73.2. The summed E-state index contributed by atoms with van der Waals surface area (Å²) < 4.78 is 8.66. The molecule has 0 amide bonds. The zero-order valence-corrected chi connectivity index (χ0v) is 33.8. The molecule has 0 saturated heterocycles. The second-order valence-corrected chi connectivity index (χ2v) is 17.7. The Labute approximate surface area is 353 Å². The highest BCUT2D eigenvalue weighted by atomic mass is 32.1. The number of fused-ring (bicyclic) bond motifs is 10. The Kier molecular flexibility index (Phi) is 7.35. The average molecular weight is 800 g/mol. The van der Waals surface area contributed by atoms with E-state index in [9.17, 15) is 0 Å². The average Bonchev–Trinajstić information content (AvgIpc) is 4.07. The lowest BCUT2D eigenvalue weighted by Gasteiger charge is -2.11. The van der Waals surface area contributed by atoms with E-state index in [0.29, 0.717) is 0 Å². The van der Waals surface area contributed by atoms with E-state index >= 15 is 0 Å². The van der Waals surface area contributed by atoms with Crippen molar-refractivity contribution in [2.24, 2.45) is 0 Å². The number of hydrogen-bond donors (Lipinski definition) is 0. The largest absolute Gasteiger partial charge is 0.309 e. The van der Waals surface area contributed by atoms with Crippen LogP contribution in [0.15, 0.2) is 200 Å². The zero-order chi connectivity index (χ0) is 39.3. The van der Waals surface area contributed by atoms with Gasteiger partial charge in [0.1, 0.15) is 5.01 Å². The summed E-state index contributed by atoms with van der Waals surface area (Å²) in [6.07, 6.45) is 0. The molecule has 0 bridgehead atoms. The summed E-state index contributed by atoms with van der Waals surface area (Å²) >= 11 is 3.62. The third kappa shape index (κ3) is 5.16. The number of para-hydroxylation sites is 2. The first-order chi connectivity index (χ1) is 29.7. The van der Waals surface area contributed by atoms with Crippen LogP contribution in [0.25, 0.3) is 118 Å². The molecular formula is C55H33N3S2. The van der Waals surface area contributed by atoms with Crippen LogP contribution in [0.2, 0.25) is 0 Å². The van der Waals surface area contributed by atoms with E-state index < -0.39 is 0 Å². The zero-order valence-electron chi connectivity index (χ0n) is 32.2. The van der Waals surface area contributed by atoms with Crippen molar-refractivity contribution in [3.05, 3.63) is 200 Å². The second kappa shape index (κ2) is 13.1. The van der Waals surface area contributed by atoms with Gasteiger partial charge >= 0.3 is 0 Å². The van der Waals surface area contributed by atoms with Gasteiger partial charge in [0, 0.05) is 58.7 Å². The van der Waals surface area contributed by atoms with Gasteiger partial charge in [0.2, 0.25) is 0 Å². The van der Waals surface area contributed by atoms with Crippen molar-refractivity contribution in [1.82, 2.24) is 14.1 Å². The van der Waals surface area contributed by atoms with Gasteiger partial charge in [0.05, 0.1) is 32.3 Å². The third-order valence-electron chi connectivity index (χ3n) is 12.1. The molecule has 0 atom stereocenters. The van der Waals surface area contributed by atoms with Gasteiger partial charge in [-0.3, -0.25) is 0 Å². The maximum Gasteiger partial charge on any atom is 0.124 e. The van der Waals surface area contributed by atoms with Crippen LogP contribution in [0.3, 0.4) is 0 Å². The van der Waals surface area contributed by atoms with Crippen molar-refractivity contribution in [2.45, 2.75) is 0 Å². The number of benzene rings is 9. The highest BCUT2D eigenvalue weighted by molar-refractivity contribution is 7.25. The van der Waals surface area contributed by atoms with E-state index in [1.807, 2.05) is 11.3 Å². The molecule has 0 spiro atoms. The van der Waals surface area contributed by atoms with Crippen LogP contribution in [0.5, 0.6) is 0 Å². The minimum absolute atomic E-state index is 1.02. The van der Waals surface area contributed by atoms with Crippen molar-refractivity contribution < 1.29 is 0 Å². The monoisotopic (exact) mass is 799 g/mol. The molecule has 0 fully saturated rings. The quantitative estimate of drug-likeness (QED) is 0.170. The third-order valence-corrected chi connectivity index (χ3v) is 14.3. The Bertz CT molecular complexity index is 3830. The Hall–Kier alpha value is -7.31. The van der Waals surface area contributed by atoms with Crippen molar-refractivity contribution in [2.75, 3.05) is 0 Å². The van der Waals surface area contributed by atoms with Gasteiger partial charge in [-0.15, -0.1) is 22.7 Å². The fourth-order valence-electron chi connectivity index (χ4n) is 9.34. The summed E-state index contributed by atoms with van der Waals surface area (Å²) in [6.45, 7) is 0. The molecule has 60 heavy (non-hydrogen) atoms. The number of thiazole rings is 1. The topological polar surface area (TPSA) is 22.8 Å². The lowest BCUT2D eigenvalue weighted by atomic mass is 10.0. The molecule has 4 heterocycles. The lowest BCUT2D eigenvalue weighted by molar-refractivity contribution is 1.18. The Balaban J connectivity index is 0.957. The van der Waals surface area contributed by atoms with Crippen LogP contribution in [0, 0.1) is 0 Å². The smallest absolute Gasteiger partial charge is 0.124 e. The summed E-state index contributed by atoms with van der Waals surface area (Å²) in [5.41, 5.74) is 14.0. The molecule has 0 unspecified atom stereocenters. The molecular weight excluding hydrogens is 767 g/mol. The van der Waals surface area contributed by atoms with Crippen molar-refractivity contribution in [3.63, 3.8) is 0 Å². The lowest BCUT2D eigenvalue weighted by Crippen LogP contribution is -1.94. The maximum atomic E-state index is 5.12. The van der Waals surface area contributed by atoms with E-state index in [4.69, 9.17) is 4.98 Å². The van der Waals surface area contributed by atoms with Gasteiger partial charge in [-0.2, -0.15) is 0 Å². The van der Waals surface area contributed by atoms with Crippen LogP contribution < -0.4 is 0 Å². The molecule has 0 radical (unpaired) electrons. The highest BCUT2D eigenvalue weighted by Gasteiger charge is 2.19. The molecule has 0 aliphatic carbocycles. The first kappa shape index (κ1) is 33.6. The normalized spacial score (nSPS) is 12.0. The number of rotatable bonds is 5. The standard InChI is InChI=1S/C55H33N3S2/c1-3-12-34(13-4-1)55-56-47-33-51-45(32-54(47)60-55)44-30-37(23-26-50(44)57(51)39-15-5-2-6-16-39)36-22-25-49-43(29-36)41-18-7-9-20-48(41)58(49)40-17-11-14-35(28-40)38-24-27-53-46(31-38)42-19-8-10-21-52(42)59-53/h1-33H. The highest BCUT2D eigenvalue weighted by Crippen LogP contribution is 2.42. The summed E-state index contributed by atoms with van der Waals surface area (Å²) in [7, 11) is 0. The van der Waals surface area contributed by atoms with E-state index in [1.54, 1.807) is 11.3 Å². The molecule has 4 aromatic heterocycles. The van der Waals surface area contributed by atoms with Crippen molar-refractivity contribution in [1.29, 1.82) is 0 Å². The predicted octanol–water partition coefficient (Wildman–Crippen LogP) is 15.9. The molecule has 0 N–H and O–H groups in total. The first-order valence-electron chi connectivity index (χ1n) is 20.3. The summed E-state index contributed by atoms with van der Waals surface area (Å²) in [5.74, 6) is 0. The van der Waals surface area contributed by atoms with Gasteiger partial charge in [-0.25, -0.2) is 4.98 Å². The molecule has 0 aliphatic heterocycles. The minimum Gasteiger partial charge on any atom is -0.309 e. The Morgan fingerprint density at radius 3 is 1.65 bits per heavy atom. The molecule has 280 valence electrons. The SMILES string of the molecule is c1ccc(-c2nc3cc4c(cc3s2)c2cc(-c3ccc5c(c3)c3ccccc3n5-c3cccc(-c5ccc6sc7ccccc7c6c5)c3)ccc2n4-c2ccccc2)cc1. The van der Waals surface area contributed by atoms with E-state index in [0.717, 1.165) is 33.0 Å². The van der Waals surface area contributed by atoms with E-state index in [1.165, 1.54) is 85.2 Å². The van der Waals surface area contributed by atoms with Gasteiger partial charge in [-0.1, -0.05) is 115 Å². The minimum atomic E-state index is 1.02. The van der Waals surface area contributed by atoms with Crippen molar-refractivity contribution >= 4 is 96.7 Å². The maximum absolute atomic E-state index is 5.12. The number of aromatic nitrogens is 3. The van der Waals surface area contributed by atoms with Crippen molar-refractivity contribution in [3.8, 4) is 44.2 Å². The molecule has 5 heteroatoms. The predicted molar refractivity (Wildman–Crippen MR) is 257 cm³/mol. The van der Waals surface area contributed by atoms with Gasteiger partial charge in [-0.05, 0) is 107 Å². The van der Waals surface area contributed by atoms with Crippen LogP contribution in [-0.4, -0.2) is 14.1 Å². The molecule has 13 rings (SSSR count). The number of thiophene rings is 1.